The molecule has 0 saturated carbocycles. The van der Waals surface area contributed by atoms with Gasteiger partial charge >= 0.3 is 11.5 Å². The van der Waals surface area contributed by atoms with Crippen LogP contribution in [0.1, 0.15) is 43.2 Å². The molecule has 9 aromatic rings. The van der Waals surface area contributed by atoms with E-state index in [4.69, 9.17) is 37.0 Å². The van der Waals surface area contributed by atoms with Gasteiger partial charge in [-0.15, -0.1) is 15.3 Å². The summed E-state index contributed by atoms with van der Waals surface area (Å²) < 4.78 is 50.4. The van der Waals surface area contributed by atoms with E-state index in [0.29, 0.717) is 28.6 Å². The quantitative estimate of drug-likeness (QED) is 0.255. The summed E-state index contributed by atoms with van der Waals surface area (Å²) >= 11 is 0. The summed E-state index contributed by atoms with van der Waals surface area (Å²) in [6, 6.07) is 29.5. The maximum absolute atomic E-state index is 11.6. The Balaban J connectivity index is 0.000000152. The number of aliphatic hydroxyl groups is 1. The van der Waals surface area contributed by atoms with Gasteiger partial charge in [0.2, 0.25) is 5.52 Å². The van der Waals surface area contributed by atoms with Crippen molar-refractivity contribution in [2.45, 2.75) is 40.2 Å². The number of aromatic nitrogens is 4. The topological polar surface area (TPSA) is 266 Å². The van der Waals surface area contributed by atoms with Gasteiger partial charge in [-0.05, 0) is 105 Å². The molecule has 0 unspecified atom stereocenters. The Morgan fingerprint density at radius 3 is 2.30 bits per heavy atom. The Hall–Kier alpha value is -6.92. The number of pyridine rings is 2. The molecular weight excluding hydrogens is 796 g/mol. The van der Waals surface area contributed by atoms with Crippen molar-refractivity contribution in [2.75, 3.05) is 0 Å². The number of rotatable bonds is 2. The molecule has 0 bridgehead atoms. The van der Waals surface area contributed by atoms with Gasteiger partial charge in [0.25, 0.3) is 0 Å². The number of fused-ring (bicyclic) bond motifs is 6. The standard InChI is InChI=1S/C20H14N4O2.C20H12N2O3.C3H8O.ClHO4/c1-11-7-14-9-17-18(26-20(25)22-17)10-15(14)19(24-23-11)13-4-5-16-12(8-13)3-2-6-21-16;1-11-7-14-9-17-18(25-20(23)22-17)10-15(14)19(24-11)13-4-5-16-12(8-13)3-2-6-21-16;1-3(2)4;2-1(3,4)5/h2-6,8-10H,7H2,1H3,(H,22,25);2-10H,1H3;3-4H,1-2H3;(H,2,3,4,5). The van der Waals surface area contributed by atoms with Crippen LogP contribution in [0.25, 0.3) is 66.1 Å². The maximum atomic E-state index is 11.6. The number of aliphatic hydroxyl groups excluding tert-OH is 1. The van der Waals surface area contributed by atoms with Crippen molar-refractivity contribution in [3.63, 3.8) is 0 Å². The van der Waals surface area contributed by atoms with Crippen LogP contribution in [0.3, 0.4) is 0 Å². The molecule has 0 saturated heterocycles. The van der Waals surface area contributed by atoms with E-state index >= 15 is 0 Å². The molecule has 17 heteroatoms. The number of hydrogen-bond acceptors (Lipinski definition) is 14. The summed E-state index contributed by atoms with van der Waals surface area (Å²) in [5.74, 6) is 0.487. The third-order valence-corrected chi connectivity index (χ3v) is 8.87. The summed E-state index contributed by atoms with van der Waals surface area (Å²) in [5, 5.41) is 20.9. The van der Waals surface area contributed by atoms with Crippen molar-refractivity contribution in [1.82, 2.24) is 15.0 Å². The number of nitrogens with zero attached hydrogens (tertiary/aromatic N) is 4. The maximum Gasteiger partial charge on any atom is 0.439 e. The predicted octanol–water partition coefficient (Wildman–Crippen LogP) is 2.95. The Bertz CT molecular complexity index is 3210. The zero-order valence-electron chi connectivity index (χ0n) is 32.4. The number of aromatic amines is 2. The van der Waals surface area contributed by atoms with Gasteiger partial charge in [-0.1, -0.05) is 12.1 Å². The lowest BCUT2D eigenvalue weighted by Crippen LogP contribution is -2.68. The fourth-order valence-electron chi connectivity index (χ4n) is 6.57. The first-order valence-electron chi connectivity index (χ1n) is 18.3. The van der Waals surface area contributed by atoms with Crippen LogP contribution in [0.15, 0.2) is 136 Å². The second-order valence-corrected chi connectivity index (χ2v) is 14.7. The van der Waals surface area contributed by atoms with Gasteiger partial charge in [0, 0.05) is 69.4 Å². The lowest BCUT2D eigenvalue weighted by molar-refractivity contribution is -2.00. The van der Waals surface area contributed by atoms with Gasteiger partial charge in [-0.25, -0.2) is 33.2 Å². The van der Waals surface area contributed by atoms with E-state index in [0.717, 1.165) is 77.8 Å². The van der Waals surface area contributed by atoms with Crippen LogP contribution in [-0.2, 0) is 6.42 Å². The Kier molecular flexibility index (Phi) is 11.8. The summed E-state index contributed by atoms with van der Waals surface area (Å²) in [7, 11) is -4.94. The summed E-state index contributed by atoms with van der Waals surface area (Å²) in [6.45, 7) is 7.30. The first-order chi connectivity index (χ1) is 28.6. The third kappa shape index (κ3) is 9.84. The highest BCUT2D eigenvalue weighted by atomic mass is 35.7. The van der Waals surface area contributed by atoms with Crippen molar-refractivity contribution in [2.24, 2.45) is 10.2 Å². The Morgan fingerprint density at radius 2 is 1.52 bits per heavy atom. The summed E-state index contributed by atoms with van der Waals surface area (Å²) in [6.07, 6.45) is 4.18. The number of oxazole rings is 2. The fraction of sp³-hybridized carbons (Fsp3) is 0.140. The number of hydrogen-bond donors (Lipinski definition) is 2. The molecule has 0 radical (unpaired) electrons. The van der Waals surface area contributed by atoms with Crippen LogP contribution >= 0.6 is 0 Å². The van der Waals surface area contributed by atoms with Crippen molar-refractivity contribution in [1.29, 1.82) is 0 Å². The molecule has 0 fully saturated rings. The average Bonchev–Trinajstić information content (AvgIpc) is 3.69. The van der Waals surface area contributed by atoms with Gasteiger partial charge in [-0.2, -0.15) is 10.1 Å². The predicted molar refractivity (Wildman–Crippen MR) is 213 cm³/mol. The Labute approximate surface area is 341 Å². The van der Waals surface area contributed by atoms with Crippen molar-refractivity contribution in [3.05, 3.63) is 147 Å². The minimum Gasteiger partial charge on any atom is -0.461 e. The minimum atomic E-state index is -4.94. The van der Waals surface area contributed by atoms with Crippen LogP contribution in [0.4, 0.5) is 0 Å². The third-order valence-electron chi connectivity index (χ3n) is 8.87. The number of H-pyrrole nitrogens is 2. The highest BCUT2D eigenvalue weighted by Gasteiger charge is 2.19. The monoisotopic (exact) mass is 830 g/mol. The van der Waals surface area contributed by atoms with Crippen LogP contribution in [0.5, 0.6) is 0 Å². The zero-order valence-corrected chi connectivity index (χ0v) is 33.1. The molecule has 1 aliphatic rings. The molecule has 0 amide bonds. The zero-order chi connectivity index (χ0) is 42.7. The average molecular weight is 831 g/mol. The second kappa shape index (κ2) is 17.1. The lowest BCUT2D eigenvalue weighted by atomic mass is 9.94. The highest BCUT2D eigenvalue weighted by molar-refractivity contribution is 6.17. The molecule has 6 heterocycles. The number of benzene rings is 4. The van der Waals surface area contributed by atoms with Gasteiger partial charge in [0.05, 0.1) is 11.0 Å². The molecule has 60 heavy (non-hydrogen) atoms. The highest BCUT2D eigenvalue weighted by Crippen LogP contribution is 2.34. The smallest absolute Gasteiger partial charge is 0.439 e. The second-order valence-electron chi connectivity index (χ2n) is 13.9. The van der Waals surface area contributed by atoms with Gasteiger partial charge in [0.1, 0.15) is 22.7 Å². The first kappa shape index (κ1) is 41.2. The van der Waals surface area contributed by atoms with Crippen molar-refractivity contribution in [3.8, 4) is 11.3 Å². The summed E-state index contributed by atoms with van der Waals surface area (Å²) in [4.78, 5) is 37.2. The van der Waals surface area contributed by atoms with Crippen LogP contribution in [-0.4, -0.2) is 37.6 Å². The molecule has 4 aromatic carbocycles. The van der Waals surface area contributed by atoms with E-state index in [-0.39, 0.29) is 6.10 Å². The molecule has 0 aliphatic carbocycles. The molecule has 0 atom stereocenters. The number of halogens is 1. The SMILES string of the molecule is CC(C)O.CC1=NN=C(c2ccc3ncccc3c2)c2cc3oc(=O)[nH]c3cc2C1.Cc1cc2cc3nc(=O)oc3cc2c(-c2ccc3[nH+]cccc3c2)o1.[O-][Cl+3]([O-])([O-])[O-]. The van der Waals surface area contributed by atoms with E-state index in [1.807, 2.05) is 98.9 Å². The lowest BCUT2D eigenvalue weighted by Gasteiger charge is -2.17. The number of aryl methyl sites for hydroxylation is 1. The van der Waals surface area contributed by atoms with Crippen LogP contribution < -0.4 is 35.1 Å². The summed E-state index contributed by atoms with van der Waals surface area (Å²) in [5.41, 5.74) is 9.76. The Morgan fingerprint density at radius 1 is 0.783 bits per heavy atom. The molecule has 16 nitrogen and oxygen atoms in total. The largest absolute Gasteiger partial charge is 0.461 e. The molecule has 10 rings (SSSR count). The van der Waals surface area contributed by atoms with Crippen LogP contribution in [0.2, 0.25) is 0 Å². The van der Waals surface area contributed by atoms with E-state index in [9.17, 15) is 9.59 Å². The normalized spacial score (nSPS) is 12.5. The number of nitrogens with one attached hydrogen (secondary N) is 2. The van der Waals surface area contributed by atoms with Crippen molar-refractivity contribution >= 4 is 66.2 Å². The van der Waals surface area contributed by atoms with Crippen LogP contribution in [0, 0.1) is 17.2 Å². The van der Waals surface area contributed by atoms with E-state index in [2.05, 4.69) is 42.3 Å². The fourth-order valence-corrected chi connectivity index (χ4v) is 6.57. The first-order valence-corrected chi connectivity index (χ1v) is 19.5. The van der Waals surface area contributed by atoms with E-state index < -0.39 is 21.8 Å². The molecular formula is C43H35ClN6O10. The van der Waals surface area contributed by atoms with E-state index in [1.54, 1.807) is 20.0 Å². The van der Waals surface area contributed by atoms with Gasteiger partial charge in [-0.3, -0.25) is 9.97 Å². The molecule has 304 valence electrons. The molecule has 0 spiro atoms. The molecule has 5 aromatic heterocycles. The molecule has 3 N–H and O–H groups in total. The van der Waals surface area contributed by atoms with Gasteiger partial charge < -0.3 is 18.4 Å². The minimum absolute atomic E-state index is 0.167. The van der Waals surface area contributed by atoms with Gasteiger partial charge in [0.15, 0.2) is 17.4 Å². The molecule has 1 aliphatic heterocycles. The van der Waals surface area contributed by atoms with E-state index in [1.165, 1.54) is 0 Å². The van der Waals surface area contributed by atoms with Crippen molar-refractivity contribution < 1.29 is 52.2 Å².